The van der Waals surface area contributed by atoms with Gasteiger partial charge in [0.25, 0.3) is 0 Å². The van der Waals surface area contributed by atoms with Crippen LogP contribution in [-0.2, 0) is 0 Å². The maximum Gasteiger partial charge on any atom is 0.00199 e. The van der Waals surface area contributed by atoms with E-state index in [-0.39, 0.29) is 0 Å². The Labute approximate surface area is 75.6 Å². The zero-order valence-corrected chi connectivity index (χ0v) is 8.48. The number of likely N-dealkylation sites (tertiary alicyclic amines) is 1. The summed E-state index contributed by atoms with van der Waals surface area (Å²) in [7, 11) is 0. The van der Waals surface area contributed by atoms with Crippen LogP contribution in [0, 0.1) is 11.8 Å². The van der Waals surface area contributed by atoms with Gasteiger partial charge in [-0.3, -0.25) is 0 Å². The summed E-state index contributed by atoms with van der Waals surface area (Å²) in [4.78, 5) is 2.53. The van der Waals surface area contributed by atoms with Crippen LogP contribution in [0.15, 0.2) is 0 Å². The first-order valence-electron chi connectivity index (χ1n) is 4.57. The van der Waals surface area contributed by atoms with Crippen molar-refractivity contribution >= 4 is 12.6 Å². The first kappa shape index (κ1) is 9.40. The molecule has 0 N–H and O–H groups in total. The van der Waals surface area contributed by atoms with Crippen molar-refractivity contribution in [3.63, 3.8) is 0 Å². The first-order valence-corrected chi connectivity index (χ1v) is 5.20. The van der Waals surface area contributed by atoms with E-state index in [4.69, 9.17) is 0 Å². The van der Waals surface area contributed by atoms with E-state index < -0.39 is 0 Å². The van der Waals surface area contributed by atoms with Gasteiger partial charge in [0, 0.05) is 6.54 Å². The molecule has 0 bridgehead atoms. The molecule has 2 heteroatoms. The highest BCUT2D eigenvalue weighted by Crippen LogP contribution is 2.17. The Balaban J connectivity index is 2.19. The monoisotopic (exact) mass is 173 g/mol. The second kappa shape index (κ2) is 4.36. The van der Waals surface area contributed by atoms with Gasteiger partial charge in [-0.2, -0.15) is 12.6 Å². The SMILES string of the molecule is CC(C)C(CS)CN1CCC1. The molecule has 1 heterocycles. The van der Waals surface area contributed by atoms with Crippen LogP contribution in [0.3, 0.4) is 0 Å². The largest absolute Gasteiger partial charge is 0.303 e. The molecule has 0 amide bonds. The average Bonchev–Trinajstić information content (AvgIpc) is 1.85. The molecule has 0 aliphatic carbocycles. The topological polar surface area (TPSA) is 3.24 Å². The second-order valence-electron chi connectivity index (χ2n) is 3.84. The van der Waals surface area contributed by atoms with E-state index in [0.717, 1.165) is 17.6 Å². The molecule has 1 nitrogen and oxygen atoms in total. The maximum absolute atomic E-state index is 4.37. The van der Waals surface area contributed by atoms with Gasteiger partial charge in [-0.05, 0) is 37.1 Å². The summed E-state index contributed by atoms with van der Waals surface area (Å²) in [6.45, 7) is 8.48. The summed E-state index contributed by atoms with van der Waals surface area (Å²) >= 11 is 4.37. The van der Waals surface area contributed by atoms with Gasteiger partial charge in [0.15, 0.2) is 0 Å². The molecular weight excluding hydrogens is 154 g/mol. The molecule has 1 fully saturated rings. The number of hydrogen-bond donors (Lipinski definition) is 1. The van der Waals surface area contributed by atoms with E-state index >= 15 is 0 Å². The van der Waals surface area contributed by atoms with Crippen molar-refractivity contribution in [1.82, 2.24) is 4.90 Å². The van der Waals surface area contributed by atoms with Crippen LogP contribution in [0.1, 0.15) is 20.3 Å². The van der Waals surface area contributed by atoms with Crippen LogP contribution in [0.2, 0.25) is 0 Å². The van der Waals surface area contributed by atoms with Gasteiger partial charge < -0.3 is 4.90 Å². The van der Waals surface area contributed by atoms with E-state index in [9.17, 15) is 0 Å². The van der Waals surface area contributed by atoms with Crippen LogP contribution in [-0.4, -0.2) is 30.3 Å². The Kier molecular flexibility index (Phi) is 3.73. The van der Waals surface area contributed by atoms with Crippen LogP contribution < -0.4 is 0 Å². The quantitative estimate of drug-likeness (QED) is 0.635. The van der Waals surface area contributed by atoms with Crippen molar-refractivity contribution in [3.05, 3.63) is 0 Å². The minimum Gasteiger partial charge on any atom is -0.303 e. The van der Waals surface area contributed by atoms with Crippen molar-refractivity contribution in [3.8, 4) is 0 Å². The smallest absolute Gasteiger partial charge is 0.00199 e. The highest BCUT2D eigenvalue weighted by atomic mass is 32.1. The lowest BCUT2D eigenvalue weighted by Gasteiger charge is -2.35. The molecule has 1 aliphatic rings. The van der Waals surface area contributed by atoms with Gasteiger partial charge in [0.05, 0.1) is 0 Å². The maximum atomic E-state index is 4.37. The summed E-state index contributed by atoms with van der Waals surface area (Å²) in [5.74, 6) is 2.61. The minimum atomic E-state index is 0.785. The average molecular weight is 173 g/mol. The van der Waals surface area contributed by atoms with E-state index in [1.54, 1.807) is 0 Å². The Morgan fingerprint density at radius 1 is 1.36 bits per heavy atom. The molecule has 1 saturated heterocycles. The lowest BCUT2D eigenvalue weighted by Crippen LogP contribution is -2.41. The molecular formula is C9H19NS. The highest BCUT2D eigenvalue weighted by Gasteiger charge is 2.19. The molecule has 1 aliphatic heterocycles. The summed E-state index contributed by atoms with van der Waals surface area (Å²) in [6.07, 6.45) is 1.40. The van der Waals surface area contributed by atoms with E-state index in [0.29, 0.717) is 0 Å². The summed E-state index contributed by atoms with van der Waals surface area (Å²) < 4.78 is 0. The summed E-state index contributed by atoms with van der Waals surface area (Å²) in [5.41, 5.74) is 0. The van der Waals surface area contributed by atoms with Crippen LogP contribution in [0.5, 0.6) is 0 Å². The third-order valence-corrected chi connectivity index (χ3v) is 3.09. The molecule has 0 aromatic heterocycles. The lowest BCUT2D eigenvalue weighted by atomic mass is 9.96. The van der Waals surface area contributed by atoms with Gasteiger partial charge in [0.1, 0.15) is 0 Å². The minimum absolute atomic E-state index is 0.785. The predicted octanol–water partition coefficient (Wildman–Crippen LogP) is 1.89. The zero-order valence-electron chi connectivity index (χ0n) is 7.58. The van der Waals surface area contributed by atoms with Crippen molar-refractivity contribution in [2.45, 2.75) is 20.3 Å². The number of thiol groups is 1. The molecule has 0 spiro atoms. The van der Waals surface area contributed by atoms with Crippen molar-refractivity contribution in [2.75, 3.05) is 25.4 Å². The zero-order chi connectivity index (χ0) is 8.27. The Hall–Kier alpha value is 0.310. The predicted molar refractivity (Wildman–Crippen MR) is 53.2 cm³/mol. The molecule has 0 aromatic carbocycles. The molecule has 0 saturated carbocycles. The first-order chi connectivity index (χ1) is 5.24. The third kappa shape index (κ3) is 2.68. The normalized spacial score (nSPS) is 21.8. The fraction of sp³-hybridized carbons (Fsp3) is 1.00. The lowest BCUT2D eigenvalue weighted by molar-refractivity contribution is 0.143. The van der Waals surface area contributed by atoms with Crippen LogP contribution in [0.25, 0.3) is 0 Å². The number of hydrogen-bond acceptors (Lipinski definition) is 2. The van der Waals surface area contributed by atoms with Gasteiger partial charge in [-0.25, -0.2) is 0 Å². The van der Waals surface area contributed by atoms with Crippen LogP contribution in [0.4, 0.5) is 0 Å². The number of rotatable bonds is 4. The Morgan fingerprint density at radius 3 is 2.27 bits per heavy atom. The molecule has 1 atom stereocenters. The molecule has 0 radical (unpaired) electrons. The summed E-state index contributed by atoms with van der Waals surface area (Å²) in [5, 5.41) is 0. The molecule has 0 aromatic rings. The standard InChI is InChI=1S/C9H19NS/c1-8(2)9(7-11)6-10-4-3-5-10/h8-9,11H,3-7H2,1-2H3. The molecule has 11 heavy (non-hydrogen) atoms. The van der Waals surface area contributed by atoms with Crippen molar-refractivity contribution < 1.29 is 0 Å². The van der Waals surface area contributed by atoms with E-state index in [1.807, 2.05) is 0 Å². The van der Waals surface area contributed by atoms with Gasteiger partial charge >= 0.3 is 0 Å². The van der Waals surface area contributed by atoms with E-state index in [1.165, 1.54) is 26.1 Å². The Morgan fingerprint density at radius 2 is 2.00 bits per heavy atom. The number of nitrogens with zero attached hydrogens (tertiary/aromatic N) is 1. The fourth-order valence-electron chi connectivity index (χ4n) is 1.38. The van der Waals surface area contributed by atoms with Gasteiger partial charge in [0.2, 0.25) is 0 Å². The van der Waals surface area contributed by atoms with Gasteiger partial charge in [-0.1, -0.05) is 13.8 Å². The Bertz CT molecular complexity index is 110. The molecule has 1 rings (SSSR count). The van der Waals surface area contributed by atoms with Crippen LogP contribution >= 0.6 is 12.6 Å². The highest BCUT2D eigenvalue weighted by molar-refractivity contribution is 7.80. The molecule has 66 valence electrons. The van der Waals surface area contributed by atoms with Gasteiger partial charge in [-0.15, -0.1) is 0 Å². The third-order valence-electron chi connectivity index (χ3n) is 2.62. The van der Waals surface area contributed by atoms with Crippen molar-refractivity contribution in [1.29, 1.82) is 0 Å². The second-order valence-corrected chi connectivity index (χ2v) is 4.21. The summed E-state index contributed by atoms with van der Waals surface area (Å²) in [6, 6.07) is 0. The van der Waals surface area contributed by atoms with Crippen molar-refractivity contribution in [2.24, 2.45) is 11.8 Å². The fourth-order valence-corrected chi connectivity index (χ4v) is 1.91. The molecule has 1 unspecified atom stereocenters. The van der Waals surface area contributed by atoms with E-state index in [2.05, 4.69) is 31.4 Å².